The summed E-state index contributed by atoms with van der Waals surface area (Å²) >= 11 is 3.61. The van der Waals surface area contributed by atoms with Gasteiger partial charge in [-0.15, -0.1) is 0 Å². The number of halogens is 1. The van der Waals surface area contributed by atoms with Crippen molar-refractivity contribution in [2.75, 3.05) is 0 Å². The van der Waals surface area contributed by atoms with Gasteiger partial charge in [0.15, 0.2) is 0 Å². The van der Waals surface area contributed by atoms with Crippen LogP contribution in [0.1, 0.15) is 28.9 Å². The van der Waals surface area contributed by atoms with Gasteiger partial charge in [-0.1, -0.05) is 15.9 Å². The Hall–Kier alpha value is -0.440. The van der Waals surface area contributed by atoms with Crippen molar-refractivity contribution in [3.8, 4) is 0 Å². The molecule has 1 aromatic rings. The molecule has 0 saturated heterocycles. The fraction of sp³-hybridized carbons (Fsp3) is 0.500. The lowest BCUT2D eigenvalue weighted by molar-refractivity contribution is 0.658. The molecule has 1 aromatic heterocycles. The molecular formula is C8H9BrN2. The van der Waals surface area contributed by atoms with Crippen molar-refractivity contribution in [2.45, 2.75) is 24.1 Å². The molecule has 1 aliphatic carbocycles. The van der Waals surface area contributed by atoms with Gasteiger partial charge >= 0.3 is 0 Å². The van der Waals surface area contributed by atoms with Crippen molar-refractivity contribution in [1.29, 1.82) is 0 Å². The highest BCUT2D eigenvalue weighted by molar-refractivity contribution is 9.09. The standard InChI is InChI=1S/C8H9BrN2/c9-7-2-1-3-8-6(7)4-10-5-11-8/h4-5,7H,1-3H2. The van der Waals surface area contributed by atoms with Crippen molar-refractivity contribution < 1.29 is 0 Å². The summed E-state index contributed by atoms with van der Waals surface area (Å²) in [7, 11) is 0. The molecule has 11 heavy (non-hydrogen) atoms. The normalized spacial score (nSPS) is 22.8. The van der Waals surface area contributed by atoms with E-state index in [4.69, 9.17) is 0 Å². The molecule has 0 spiro atoms. The number of hydrogen-bond acceptors (Lipinski definition) is 2. The van der Waals surface area contributed by atoms with Gasteiger partial charge in [0, 0.05) is 22.3 Å². The maximum Gasteiger partial charge on any atom is 0.115 e. The fourth-order valence-electron chi connectivity index (χ4n) is 1.44. The molecule has 1 unspecified atom stereocenters. The molecule has 1 heterocycles. The minimum atomic E-state index is 0.479. The van der Waals surface area contributed by atoms with E-state index in [1.54, 1.807) is 6.33 Å². The third kappa shape index (κ3) is 1.29. The lowest BCUT2D eigenvalue weighted by atomic mass is 9.98. The van der Waals surface area contributed by atoms with Gasteiger partial charge in [-0.2, -0.15) is 0 Å². The van der Waals surface area contributed by atoms with Crippen LogP contribution in [-0.4, -0.2) is 9.97 Å². The predicted octanol–water partition coefficient (Wildman–Crippen LogP) is 2.25. The number of alkyl halides is 1. The Morgan fingerprint density at radius 3 is 3.27 bits per heavy atom. The summed E-state index contributed by atoms with van der Waals surface area (Å²) in [5.41, 5.74) is 2.49. The molecule has 0 fully saturated rings. The Morgan fingerprint density at radius 1 is 1.55 bits per heavy atom. The third-order valence-corrected chi connectivity index (χ3v) is 2.99. The van der Waals surface area contributed by atoms with Gasteiger partial charge in [0.1, 0.15) is 6.33 Å². The lowest BCUT2D eigenvalue weighted by Gasteiger charge is -2.18. The molecule has 0 aromatic carbocycles. The van der Waals surface area contributed by atoms with Gasteiger partial charge in [-0.25, -0.2) is 9.97 Å². The van der Waals surface area contributed by atoms with E-state index in [0.29, 0.717) is 4.83 Å². The summed E-state index contributed by atoms with van der Waals surface area (Å²) in [6, 6.07) is 0. The van der Waals surface area contributed by atoms with Crippen molar-refractivity contribution in [2.24, 2.45) is 0 Å². The summed E-state index contributed by atoms with van der Waals surface area (Å²) in [6.45, 7) is 0. The van der Waals surface area contributed by atoms with Crippen LogP contribution in [0.2, 0.25) is 0 Å². The second-order valence-corrected chi connectivity index (χ2v) is 3.89. The third-order valence-electron chi connectivity index (χ3n) is 2.04. The van der Waals surface area contributed by atoms with Crippen LogP contribution < -0.4 is 0 Å². The Labute approximate surface area is 74.2 Å². The van der Waals surface area contributed by atoms with Crippen LogP contribution in [0.25, 0.3) is 0 Å². The summed E-state index contributed by atoms with van der Waals surface area (Å²) in [4.78, 5) is 8.72. The Morgan fingerprint density at radius 2 is 2.45 bits per heavy atom. The van der Waals surface area contributed by atoms with Crippen LogP contribution in [0.3, 0.4) is 0 Å². The van der Waals surface area contributed by atoms with E-state index in [9.17, 15) is 0 Å². The molecule has 1 aliphatic rings. The Kier molecular flexibility index (Phi) is 1.90. The van der Waals surface area contributed by atoms with E-state index in [1.165, 1.54) is 24.1 Å². The SMILES string of the molecule is BrC1CCCc2ncncc21. The largest absolute Gasteiger partial charge is 0.244 e. The highest BCUT2D eigenvalue weighted by Gasteiger charge is 2.17. The van der Waals surface area contributed by atoms with E-state index >= 15 is 0 Å². The van der Waals surface area contributed by atoms with E-state index in [2.05, 4.69) is 25.9 Å². The summed E-state index contributed by atoms with van der Waals surface area (Å²) in [6.07, 6.45) is 7.10. The van der Waals surface area contributed by atoms with Crippen LogP contribution >= 0.6 is 15.9 Å². The first-order valence-corrected chi connectivity index (χ1v) is 4.72. The molecule has 0 N–H and O–H groups in total. The van der Waals surface area contributed by atoms with Gasteiger partial charge < -0.3 is 0 Å². The topological polar surface area (TPSA) is 25.8 Å². The molecule has 1 atom stereocenters. The molecule has 0 saturated carbocycles. The Bertz CT molecular complexity index is 262. The van der Waals surface area contributed by atoms with Gasteiger partial charge in [0.05, 0.1) is 0 Å². The minimum absolute atomic E-state index is 0.479. The molecule has 2 rings (SSSR count). The van der Waals surface area contributed by atoms with E-state index in [1.807, 2.05) is 6.20 Å². The Balaban J connectivity index is 2.44. The summed E-state index contributed by atoms with van der Waals surface area (Å²) in [5, 5.41) is 0. The first kappa shape index (κ1) is 7.22. The number of nitrogens with zero attached hydrogens (tertiary/aromatic N) is 2. The lowest BCUT2D eigenvalue weighted by Crippen LogP contribution is -2.07. The smallest absolute Gasteiger partial charge is 0.115 e. The van der Waals surface area contributed by atoms with E-state index < -0.39 is 0 Å². The number of aromatic nitrogens is 2. The average Bonchev–Trinajstić information content (AvgIpc) is 2.06. The molecular weight excluding hydrogens is 204 g/mol. The fourth-order valence-corrected chi connectivity index (χ4v) is 2.15. The van der Waals surface area contributed by atoms with Gasteiger partial charge in [-0.3, -0.25) is 0 Å². The zero-order valence-electron chi connectivity index (χ0n) is 6.13. The molecule has 0 amide bonds. The van der Waals surface area contributed by atoms with Crippen molar-refractivity contribution in [3.05, 3.63) is 23.8 Å². The van der Waals surface area contributed by atoms with Crippen LogP contribution in [0.4, 0.5) is 0 Å². The summed E-state index contributed by atoms with van der Waals surface area (Å²) < 4.78 is 0. The maximum absolute atomic E-state index is 4.23. The van der Waals surface area contributed by atoms with Crippen LogP contribution in [0.15, 0.2) is 12.5 Å². The highest BCUT2D eigenvalue weighted by Crippen LogP contribution is 2.33. The zero-order valence-corrected chi connectivity index (χ0v) is 7.71. The van der Waals surface area contributed by atoms with Crippen LogP contribution in [0.5, 0.6) is 0 Å². The number of fused-ring (bicyclic) bond motifs is 1. The number of aryl methyl sites for hydroxylation is 1. The monoisotopic (exact) mass is 212 g/mol. The predicted molar refractivity (Wildman–Crippen MR) is 46.6 cm³/mol. The van der Waals surface area contributed by atoms with Crippen molar-refractivity contribution >= 4 is 15.9 Å². The van der Waals surface area contributed by atoms with Gasteiger partial charge in [0.25, 0.3) is 0 Å². The van der Waals surface area contributed by atoms with Crippen LogP contribution in [0, 0.1) is 0 Å². The first-order valence-electron chi connectivity index (χ1n) is 3.81. The molecule has 58 valence electrons. The molecule has 0 aliphatic heterocycles. The van der Waals surface area contributed by atoms with Gasteiger partial charge in [-0.05, 0) is 19.3 Å². The molecule has 2 nitrogen and oxygen atoms in total. The zero-order chi connectivity index (χ0) is 7.68. The number of hydrogen-bond donors (Lipinski definition) is 0. The highest BCUT2D eigenvalue weighted by atomic mass is 79.9. The van der Waals surface area contributed by atoms with Crippen molar-refractivity contribution in [1.82, 2.24) is 9.97 Å². The van der Waals surface area contributed by atoms with Gasteiger partial charge in [0.2, 0.25) is 0 Å². The average molecular weight is 213 g/mol. The second-order valence-electron chi connectivity index (χ2n) is 2.78. The summed E-state index contributed by atoms with van der Waals surface area (Å²) in [5.74, 6) is 0. The van der Waals surface area contributed by atoms with Crippen LogP contribution in [-0.2, 0) is 6.42 Å². The number of rotatable bonds is 0. The quantitative estimate of drug-likeness (QED) is 0.617. The minimum Gasteiger partial charge on any atom is -0.244 e. The van der Waals surface area contributed by atoms with E-state index in [-0.39, 0.29) is 0 Å². The second kappa shape index (κ2) is 2.89. The maximum atomic E-state index is 4.23. The molecule has 0 radical (unpaired) electrons. The molecule has 0 bridgehead atoms. The van der Waals surface area contributed by atoms with Crippen molar-refractivity contribution in [3.63, 3.8) is 0 Å². The molecule has 3 heteroatoms. The van der Waals surface area contributed by atoms with E-state index in [0.717, 1.165) is 6.42 Å². The first-order chi connectivity index (χ1) is 5.38.